The minimum Gasteiger partial charge on any atom is -0.384 e. The minimum atomic E-state index is -3.45. The number of carbonyl (C=O) groups is 1. The molecule has 0 saturated carbocycles. The van der Waals surface area contributed by atoms with Gasteiger partial charge in [0.15, 0.2) is 0 Å². The third kappa shape index (κ3) is 6.47. The first-order chi connectivity index (χ1) is 11.4. The number of halogens is 1. The summed E-state index contributed by atoms with van der Waals surface area (Å²) in [5, 5.41) is 6.25. The van der Waals surface area contributed by atoms with Gasteiger partial charge in [0.25, 0.3) is 5.91 Å². The van der Waals surface area contributed by atoms with Crippen molar-refractivity contribution < 1.29 is 17.9 Å². The highest BCUT2D eigenvalue weighted by molar-refractivity contribution is 7.92. The van der Waals surface area contributed by atoms with Crippen molar-refractivity contribution in [3.63, 3.8) is 0 Å². The predicted octanol–water partition coefficient (Wildman–Crippen LogP) is 1.23. The fourth-order valence-corrected chi connectivity index (χ4v) is 3.55. The van der Waals surface area contributed by atoms with Crippen LogP contribution in [0.15, 0.2) is 24.3 Å². The van der Waals surface area contributed by atoms with Crippen molar-refractivity contribution in [3.8, 4) is 0 Å². The molecule has 1 aromatic carbocycles. The van der Waals surface area contributed by atoms with Gasteiger partial charge in [-0.25, -0.2) is 8.42 Å². The number of amides is 1. The number of hydrogen-bond acceptors (Lipinski definition) is 5. The average Bonchev–Trinajstić information content (AvgIpc) is 2.53. The summed E-state index contributed by atoms with van der Waals surface area (Å²) in [4.78, 5) is 12.5. The number of rotatable bonds is 7. The zero-order valence-electron chi connectivity index (χ0n) is 14.5. The summed E-state index contributed by atoms with van der Waals surface area (Å²) < 4.78 is 30.6. The normalized spacial score (nSPS) is 16.6. The van der Waals surface area contributed by atoms with Crippen molar-refractivity contribution in [2.75, 3.05) is 44.3 Å². The first-order valence-corrected chi connectivity index (χ1v) is 9.79. The van der Waals surface area contributed by atoms with E-state index in [1.807, 2.05) is 0 Å². The molecule has 1 aromatic rings. The third-order valence-electron chi connectivity index (χ3n) is 4.21. The number of sulfonamides is 1. The summed E-state index contributed by atoms with van der Waals surface area (Å²) in [5.74, 6) is -0.296. The van der Waals surface area contributed by atoms with Crippen LogP contribution in [0, 0.1) is 5.41 Å². The van der Waals surface area contributed by atoms with E-state index in [-0.39, 0.29) is 29.4 Å². The van der Waals surface area contributed by atoms with Crippen LogP contribution in [0.2, 0.25) is 0 Å². The number of para-hydroxylation sites is 1. The molecule has 1 fully saturated rings. The molecule has 9 heteroatoms. The van der Waals surface area contributed by atoms with Gasteiger partial charge in [-0.2, -0.15) is 0 Å². The van der Waals surface area contributed by atoms with Crippen LogP contribution in [0.3, 0.4) is 0 Å². The standard InChI is InChI=1S/C16H25N3O4S.ClH/c1-23-12-16(7-9-17-10-8-16)11-18-15(20)13-5-3-4-6-14(13)19-24(2,21)22;/h3-6,17,19H,7-12H2,1-2H3,(H,18,20);1H. The van der Waals surface area contributed by atoms with Gasteiger partial charge in [0, 0.05) is 19.1 Å². The van der Waals surface area contributed by atoms with E-state index in [4.69, 9.17) is 4.74 Å². The smallest absolute Gasteiger partial charge is 0.253 e. The first-order valence-electron chi connectivity index (χ1n) is 7.90. The molecule has 1 saturated heterocycles. The highest BCUT2D eigenvalue weighted by Gasteiger charge is 2.32. The summed E-state index contributed by atoms with van der Waals surface area (Å²) in [6.45, 7) is 2.86. The molecule has 0 aromatic heterocycles. The van der Waals surface area contributed by atoms with E-state index in [0.717, 1.165) is 32.2 Å². The molecule has 0 bridgehead atoms. The van der Waals surface area contributed by atoms with E-state index >= 15 is 0 Å². The van der Waals surface area contributed by atoms with Crippen LogP contribution < -0.4 is 15.4 Å². The maximum absolute atomic E-state index is 12.5. The van der Waals surface area contributed by atoms with E-state index in [1.54, 1.807) is 31.4 Å². The van der Waals surface area contributed by atoms with Gasteiger partial charge < -0.3 is 15.4 Å². The Hall–Kier alpha value is -1.35. The van der Waals surface area contributed by atoms with Gasteiger partial charge >= 0.3 is 0 Å². The van der Waals surface area contributed by atoms with E-state index in [2.05, 4.69) is 15.4 Å². The molecule has 7 nitrogen and oxygen atoms in total. The number of ether oxygens (including phenoxy) is 1. The first kappa shape index (κ1) is 21.7. The molecule has 142 valence electrons. The zero-order valence-corrected chi connectivity index (χ0v) is 16.1. The molecule has 25 heavy (non-hydrogen) atoms. The molecule has 0 atom stereocenters. The lowest BCUT2D eigenvalue weighted by molar-refractivity contribution is 0.0512. The number of anilines is 1. The molecule has 1 heterocycles. The molecular weight excluding hydrogens is 366 g/mol. The predicted molar refractivity (Wildman–Crippen MR) is 101 cm³/mol. The van der Waals surface area contributed by atoms with Crippen LogP contribution in [-0.2, 0) is 14.8 Å². The maximum Gasteiger partial charge on any atom is 0.253 e. The van der Waals surface area contributed by atoms with Gasteiger partial charge in [0.05, 0.1) is 24.1 Å². The Morgan fingerprint density at radius 3 is 2.52 bits per heavy atom. The minimum absolute atomic E-state index is 0. The Bertz CT molecular complexity index is 670. The number of carbonyl (C=O) groups excluding carboxylic acids is 1. The Kier molecular flexibility index (Phi) is 8.14. The quantitative estimate of drug-likeness (QED) is 0.649. The Morgan fingerprint density at radius 2 is 1.92 bits per heavy atom. The fraction of sp³-hybridized carbons (Fsp3) is 0.562. The molecule has 1 amide bonds. The molecule has 0 unspecified atom stereocenters. The van der Waals surface area contributed by atoms with E-state index in [9.17, 15) is 13.2 Å². The van der Waals surface area contributed by atoms with Gasteiger partial charge in [-0.05, 0) is 38.1 Å². The second kappa shape index (κ2) is 9.38. The lowest BCUT2D eigenvalue weighted by Gasteiger charge is -2.37. The molecule has 3 N–H and O–H groups in total. The molecule has 1 aliphatic rings. The van der Waals surface area contributed by atoms with Crippen LogP contribution in [0.4, 0.5) is 5.69 Å². The Labute approximate surface area is 155 Å². The highest BCUT2D eigenvalue weighted by atomic mass is 35.5. The van der Waals surface area contributed by atoms with Crippen molar-refractivity contribution >= 4 is 34.0 Å². The van der Waals surface area contributed by atoms with Crippen LogP contribution in [-0.4, -0.2) is 53.9 Å². The van der Waals surface area contributed by atoms with Crippen LogP contribution >= 0.6 is 12.4 Å². The number of benzene rings is 1. The van der Waals surface area contributed by atoms with Crippen molar-refractivity contribution in [2.24, 2.45) is 5.41 Å². The summed E-state index contributed by atoms with van der Waals surface area (Å²) >= 11 is 0. The van der Waals surface area contributed by atoms with Crippen molar-refractivity contribution in [2.45, 2.75) is 12.8 Å². The lowest BCUT2D eigenvalue weighted by atomic mass is 9.79. The largest absolute Gasteiger partial charge is 0.384 e. The van der Waals surface area contributed by atoms with Gasteiger partial charge in [-0.3, -0.25) is 9.52 Å². The summed E-state index contributed by atoms with van der Waals surface area (Å²) in [6.07, 6.45) is 2.90. The van der Waals surface area contributed by atoms with Gasteiger partial charge in [-0.15, -0.1) is 12.4 Å². The number of piperidine rings is 1. The molecule has 0 aliphatic carbocycles. The lowest BCUT2D eigenvalue weighted by Crippen LogP contribution is -2.47. The average molecular weight is 392 g/mol. The topological polar surface area (TPSA) is 96.5 Å². The SMILES string of the molecule is COCC1(CNC(=O)c2ccccc2NS(C)(=O)=O)CCNCC1.Cl. The van der Waals surface area contributed by atoms with Crippen molar-refractivity contribution in [1.82, 2.24) is 10.6 Å². The van der Waals surface area contributed by atoms with E-state index in [0.29, 0.717) is 18.7 Å². The van der Waals surface area contributed by atoms with Crippen LogP contribution in [0.1, 0.15) is 23.2 Å². The Morgan fingerprint density at radius 1 is 1.28 bits per heavy atom. The highest BCUT2D eigenvalue weighted by Crippen LogP contribution is 2.28. The Balaban J connectivity index is 0.00000312. The molecule has 0 radical (unpaired) electrons. The van der Waals surface area contributed by atoms with Crippen LogP contribution in [0.25, 0.3) is 0 Å². The second-order valence-electron chi connectivity index (χ2n) is 6.29. The summed E-state index contributed by atoms with van der Waals surface area (Å²) in [7, 11) is -1.78. The zero-order chi connectivity index (χ0) is 17.6. The van der Waals surface area contributed by atoms with Gasteiger partial charge in [-0.1, -0.05) is 12.1 Å². The monoisotopic (exact) mass is 391 g/mol. The summed E-state index contributed by atoms with van der Waals surface area (Å²) in [5.41, 5.74) is 0.502. The van der Waals surface area contributed by atoms with Crippen molar-refractivity contribution in [3.05, 3.63) is 29.8 Å². The maximum atomic E-state index is 12.5. The summed E-state index contributed by atoms with van der Waals surface area (Å²) in [6, 6.07) is 6.57. The number of hydrogen-bond donors (Lipinski definition) is 3. The third-order valence-corrected chi connectivity index (χ3v) is 4.80. The number of nitrogens with one attached hydrogen (secondary N) is 3. The molecule has 1 aliphatic heterocycles. The second-order valence-corrected chi connectivity index (χ2v) is 8.03. The van der Waals surface area contributed by atoms with Crippen molar-refractivity contribution in [1.29, 1.82) is 0 Å². The number of methoxy groups -OCH3 is 1. The molecule has 2 rings (SSSR count). The van der Waals surface area contributed by atoms with E-state index < -0.39 is 10.0 Å². The fourth-order valence-electron chi connectivity index (χ4n) is 2.97. The van der Waals surface area contributed by atoms with E-state index in [1.165, 1.54) is 0 Å². The molecule has 0 spiro atoms. The molecular formula is C16H26ClN3O4S. The van der Waals surface area contributed by atoms with Gasteiger partial charge in [0.1, 0.15) is 0 Å². The van der Waals surface area contributed by atoms with Crippen LogP contribution in [0.5, 0.6) is 0 Å². The van der Waals surface area contributed by atoms with Gasteiger partial charge in [0.2, 0.25) is 10.0 Å².